The molecule has 1 saturated heterocycles. The zero-order valence-corrected chi connectivity index (χ0v) is 15.1. The smallest absolute Gasteiger partial charge is 0.264 e. The van der Waals surface area contributed by atoms with Gasteiger partial charge in [-0.2, -0.15) is 5.26 Å². The lowest BCUT2D eigenvalue weighted by atomic mass is 10.1. The second-order valence-electron chi connectivity index (χ2n) is 6.25. The summed E-state index contributed by atoms with van der Waals surface area (Å²) in [5.41, 5.74) is 0.966. The first-order valence-electron chi connectivity index (χ1n) is 9.08. The van der Waals surface area contributed by atoms with Crippen LogP contribution in [0.5, 0.6) is 11.5 Å². The van der Waals surface area contributed by atoms with Crippen LogP contribution >= 0.6 is 0 Å². The second-order valence-corrected chi connectivity index (χ2v) is 6.25. The normalized spacial score (nSPS) is 13.9. The minimum atomic E-state index is -0.187. The molecule has 0 aliphatic carbocycles. The maximum Gasteiger partial charge on any atom is 0.264 e. The first kappa shape index (κ1) is 18.5. The molecule has 1 heterocycles. The van der Waals surface area contributed by atoms with Crippen molar-refractivity contribution in [2.24, 2.45) is 0 Å². The van der Waals surface area contributed by atoms with E-state index < -0.39 is 0 Å². The maximum atomic E-state index is 12.3. The Morgan fingerprint density at radius 3 is 2.15 bits per heavy atom. The third kappa shape index (κ3) is 5.35. The summed E-state index contributed by atoms with van der Waals surface area (Å²) in [6.45, 7) is 2.35. The predicted octanol–water partition coefficient (Wildman–Crippen LogP) is 3.67. The van der Waals surface area contributed by atoms with Gasteiger partial charge in [-0.05, 0) is 48.7 Å². The molecule has 0 radical (unpaired) electrons. The van der Waals surface area contributed by atoms with E-state index in [4.69, 9.17) is 9.47 Å². The molecule has 2 aromatic rings. The highest BCUT2D eigenvalue weighted by Gasteiger charge is 2.21. The molecule has 5 heteroatoms. The fourth-order valence-electron chi connectivity index (χ4n) is 2.90. The molecule has 2 aromatic carbocycles. The quantitative estimate of drug-likeness (QED) is 0.428. The summed E-state index contributed by atoms with van der Waals surface area (Å²) in [5.74, 6) is 1.34. The standard InChI is InChI=1S/C22H22N2O3/c23-17-19(22(25)24-12-4-5-13-24)16-18-8-10-21(11-9-18)27-15-14-26-20-6-2-1-3-7-20/h1-3,6-11,16H,4-5,12-15H2/b19-16-. The van der Waals surface area contributed by atoms with Crippen molar-refractivity contribution in [1.29, 1.82) is 5.26 Å². The monoisotopic (exact) mass is 362 g/mol. The van der Waals surface area contributed by atoms with Crippen molar-refractivity contribution in [3.05, 3.63) is 65.7 Å². The van der Waals surface area contributed by atoms with Crippen molar-refractivity contribution in [3.63, 3.8) is 0 Å². The molecule has 138 valence electrons. The van der Waals surface area contributed by atoms with Gasteiger partial charge in [0, 0.05) is 13.1 Å². The van der Waals surface area contributed by atoms with Crippen LogP contribution in [0.1, 0.15) is 18.4 Å². The van der Waals surface area contributed by atoms with Crippen molar-refractivity contribution in [3.8, 4) is 17.6 Å². The van der Waals surface area contributed by atoms with Crippen LogP contribution in [0.4, 0.5) is 0 Å². The van der Waals surface area contributed by atoms with E-state index in [9.17, 15) is 10.1 Å². The van der Waals surface area contributed by atoms with Gasteiger partial charge in [0.15, 0.2) is 0 Å². The number of ether oxygens (including phenoxy) is 2. The maximum absolute atomic E-state index is 12.3. The van der Waals surface area contributed by atoms with Crippen molar-refractivity contribution in [1.82, 2.24) is 4.90 Å². The molecule has 5 nitrogen and oxygen atoms in total. The molecule has 0 saturated carbocycles. The van der Waals surface area contributed by atoms with Crippen molar-refractivity contribution >= 4 is 12.0 Å². The Morgan fingerprint density at radius 2 is 1.56 bits per heavy atom. The van der Waals surface area contributed by atoms with Crippen LogP contribution < -0.4 is 9.47 Å². The Bertz CT molecular complexity index is 817. The van der Waals surface area contributed by atoms with Crippen LogP contribution in [0.2, 0.25) is 0 Å². The fraction of sp³-hybridized carbons (Fsp3) is 0.273. The number of amides is 1. The van der Waals surface area contributed by atoms with Crippen molar-refractivity contribution in [2.45, 2.75) is 12.8 Å². The van der Waals surface area contributed by atoms with E-state index in [0.717, 1.165) is 37.2 Å². The summed E-state index contributed by atoms with van der Waals surface area (Å²) in [5, 5.41) is 9.31. The molecule has 0 aromatic heterocycles. The largest absolute Gasteiger partial charge is 0.490 e. The number of nitrogens with zero attached hydrogens (tertiary/aromatic N) is 2. The number of carbonyl (C=O) groups excluding carboxylic acids is 1. The minimum Gasteiger partial charge on any atom is -0.490 e. The number of likely N-dealkylation sites (tertiary alicyclic amines) is 1. The lowest BCUT2D eigenvalue weighted by Gasteiger charge is -2.14. The van der Waals surface area contributed by atoms with E-state index in [1.54, 1.807) is 11.0 Å². The van der Waals surface area contributed by atoms with E-state index in [1.165, 1.54) is 0 Å². The Kier molecular flexibility index (Phi) is 6.48. The molecule has 1 fully saturated rings. The van der Waals surface area contributed by atoms with Gasteiger partial charge in [0.25, 0.3) is 5.91 Å². The van der Waals surface area contributed by atoms with E-state index in [0.29, 0.717) is 19.0 Å². The zero-order chi connectivity index (χ0) is 18.9. The number of para-hydroxylation sites is 1. The van der Waals surface area contributed by atoms with Gasteiger partial charge >= 0.3 is 0 Å². The van der Waals surface area contributed by atoms with Gasteiger partial charge in [0.2, 0.25) is 0 Å². The first-order valence-corrected chi connectivity index (χ1v) is 9.08. The first-order chi connectivity index (χ1) is 13.3. The van der Waals surface area contributed by atoms with Gasteiger partial charge < -0.3 is 14.4 Å². The van der Waals surface area contributed by atoms with Crippen LogP contribution in [0, 0.1) is 11.3 Å². The van der Waals surface area contributed by atoms with E-state index in [1.807, 2.05) is 60.7 Å². The molecule has 0 bridgehead atoms. The van der Waals surface area contributed by atoms with Gasteiger partial charge in [0.1, 0.15) is 36.4 Å². The minimum absolute atomic E-state index is 0.168. The zero-order valence-electron chi connectivity index (χ0n) is 15.1. The van der Waals surface area contributed by atoms with Crippen LogP contribution in [0.3, 0.4) is 0 Å². The SMILES string of the molecule is N#C/C(=C/c1ccc(OCCOc2ccccc2)cc1)C(=O)N1CCCC1. The summed E-state index contributed by atoms with van der Waals surface area (Å²) in [6.07, 6.45) is 3.64. The van der Waals surface area contributed by atoms with Gasteiger partial charge in [-0.3, -0.25) is 4.79 Å². The van der Waals surface area contributed by atoms with E-state index in [2.05, 4.69) is 0 Å². The number of carbonyl (C=O) groups is 1. The second kappa shape index (κ2) is 9.44. The summed E-state index contributed by atoms with van der Waals surface area (Å²) < 4.78 is 11.2. The number of hydrogen-bond acceptors (Lipinski definition) is 4. The molecule has 1 aliphatic rings. The average Bonchev–Trinajstić information content (AvgIpc) is 3.25. The summed E-state index contributed by atoms with van der Waals surface area (Å²) in [4.78, 5) is 14.1. The molecule has 27 heavy (non-hydrogen) atoms. The number of rotatable bonds is 7. The molecular formula is C22H22N2O3. The summed E-state index contributed by atoms with van der Waals surface area (Å²) in [7, 11) is 0. The highest BCUT2D eigenvalue weighted by Crippen LogP contribution is 2.17. The third-order valence-corrected chi connectivity index (χ3v) is 4.30. The number of nitriles is 1. The van der Waals surface area contributed by atoms with Gasteiger partial charge in [-0.15, -0.1) is 0 Å². The van der Waals surface area contributed by atoms with Gasteiger partial charge in [-0.25, -0.2) is 0 Å². The topological polar surface area (TPSA) is 62.6 Å². The predicted molar refractivity (Wildman–Crippen MR) is 103 cm³/mol. The molecule has 0 spiro atoms. The summed E-state index contributed by atoms with van der Waals surface area (Å²) >= 11 is 0. The molecule has 3 rings (SSSR count). The van der Waals surface area contributed by atoms with Gasteiger partial charge in [-0.1, -0.05) is 30.3 Å². The van der Waals surface area contributed by atoms with Crippen LogP contribution in [-0.2, 0) is 4.79 Å². The van der Waals surface area contributed by atoms with Crippen LogP contribution in [-0.4, -0.2) is 37.1 Å². The van der Waals surface area contributed by atoms with Crippen LogP contribution in [0.15, 0.2) is 60.2 Å². The Labute approximate surface area is 159 Å². The molecule has 0 unspecified atom stereocenters. The number of benzene rings is 2. The van der Waals surface area contributed by atoms with Crippen molar-refractivity contribution < 1.29 is 14.3 Å². The Morgan fingerprint density at radius 1 is 0.963 bits per heavy atom. The number of hydrogen-bond donors (Lipinski definition) is 0. The summed E-state index contributed by atoms with van der Waals surface area (Å²) in [6, 6.07) is 18.9. The molecule has 1 amide bonds. The third-order valence-electron chi connectivity index (χ3n) is 4.30. The lowest BCUT2D eigenvalue weighted by molar-refractivity contribution is -0.125. The fourth-order valence-corrected chi connectivity index (χ4v) is 2.90. The lowest BCUT2D eigenvalue weighted by Crippen LogP contribution is -2.28. The molecular weight excluding hydrogens is 340 g/mol. The Hall–Kier alpha value is -3.26. The van der Waals surface area contributed by atoms with Crippen LogP contribution in [0.25, 0.3) is 6.08 Å². The molecule has 0 atom stereocenters. The highest BCUT2D eigenvalue weighted by molar-refractivity contribution is 6.01. The highest BCUT2D eigenvalue weighted by atomic mass is 16.5. The van der Waals surface area contributed by atoms with E-state index in [-0.39, 0.29) is 11.5 Å². The Balaban J connectivity index is 1.51. The molecule has 1 aliphatic heterocycles. The van der Waals surface area contributed by atoms with Crippen molar-refractivity contribution in [2.75, 3.05) is 26.3 Å². The average molecular weight is 362 g/mol. The molecule has 0 N–H and O–H groups in total. The van der Waals surface area contributed by atoms with E-state index >= 15 is 0 Å². The van der Waals surface area contributed by atoms with Gasteiger partial charge in [0.05, 0.1) is 0 Å².